The van der Waals surface area contributed by atoms with Gasteiger partial charge >= 0.3 is 0 Å². The number of carbonyl (C=O) groups is 2. The fourth-order valence-electron chi connectivity index (χ4n) is 2.47. The zero-order valence-corrected chi connectivity index (χ0v) is 15.7. The number of hydrogen-bond donors (Lipinski definition) is 2. The number of aromatic nitrogens is 2. The maximum atomic E-state index is 12.5. The molecule has 0 spiro atoms. The molecule has 0 aliphatic carbocycles. The number of hydrogen-bond acceptors (Lipinski definition) is 4. The van der Waals surface area contributed by atoms with E-state index in [1.165, 1.54) is 11.8 Å². The lowest BCUT2D eigenvalue weighted by Gasteiger charge is -2.11. The molecule has 0 fully saturated rings. The summed E-state index contributed by atoms with van der Waals surface area (Å²) in [5.41, 5.74) is 1.94. The van der Waals surface area contributed by atoms with Gasteiger partial charge in [-0.15, -0.1) is 0 Å². The molecule has 1 heterocycles. The Kier molecular flexibility index (Phi) is 6.27. The van der Waals surface area contributed by atoms with Gasteiger partial charge in [-0.3, -0.25) is 9.59 Å². The Morgan fingerprint density at radius 3 is 2.56 bits per heavy atom. The molecule has 0 saturated heterocycles. The van der Waals surface area contributed by atoms with Crippen molar-refractivity contribution in [2.24, 2.45) is 7.05 Å². The van der Waals surface area contributed by atoms with E-state index in [0.29, 0.717) is 17.8 Å². The van der Waals surface area contributed by atoms with Crippen molar-refractivity contribution >= 4 is 29.3 Å². The van der Waals surface area contributed by atoms with Crippen molar-refractivity contribution in [3.8, 4) is 0 Å². The number of rotatable bonds is 7. The van der Waals surface area contributed by atoms with E-state index < -0.39 is 0 Å². The van der Waals surface area contributed by atoms with Crippen LogP contribution in [0.5, 0.6) is 0 Å². The molecule has 27 heavy (non-hydrogen) atoms. The fourth-order valence-corrected chi connectivity index (χ4v) is 3.20. The highest BCUT2D eigenvalue weighted by Gasteiger charge is 2.13. The van der Waals surface area contributed by atoms with Crippen molar-refractivity contribution in [3.05, 3.63) is 78.1 Å². The number of amides is 2. The second-order valence-electron chi connectivity index (χ2n) is 5.87. The van der Waals surface area contributed by atoms with Crippen LogP contribution in [-0.4, -0.2) is 27.1 Å². The number of thioether (sulfide) groups is 1. The minimum atomic E-state index is -0.230. The number of para-hydroxylation sites is 1. The van der Waals surface area contributed by atoms with Crippen LogP contribution in [-0.2, 0) is 18.4 Å². The summed E-state index contributed by atoms with van der Waals surface area (Å²) in [6.07, 6.45) is 3.51. The Morgan fingerprint density at radius 1 is 1.07 bits per heavy atom. The Bertz CT molecular complexity index is 924. The predicted molar refractivity (Wildman–Crippen MR) is 107 cm³/mol. The Balaban J connectivity index is 1.60. The molecule has 6 nitrogen and oxygen atoms in total. The van der Waals surface area contributed by atoms with Crippen molar-refractivity contribution in [1.29, 1.82) is 0 Å². The van der Waals surface area contributed by atoms with Crippen LogP contribution in [0.3, 0.4) is 0 Å². The SMILES string of the molecule is Cn1ccnc1SCC(=O)Nc1ccccc1C(=O)NCc1ccccc1. The highest BCUT2D eigenvalue weighted by atomic mass is 32.2. The maximum absolute atomic E-state index is 12.5. The van der Waals surface area contributed by atoms with Gasteiger partial charge in [0.15, 0.2) is 5.16 Å². The average Bonchev–Trinajstić information content (AvgIpc) is 3.10. The second kappa shape index (κ2) is 9.05. The highest BCUT2D eigenvalue weighted by molar-refractivity contribution is 7.99. The van der Waals surface area contributed by atoms with Crippen LogP contribution in [0.2, 0.25) is 0 Å². The standard InChI is InChI=1S/C20H20N4O2S/c1-24-12-11-21-20(24)27-14-18(25)23-17-10-6-5-9-16(17)19(26)22-13-15-7-3-2-4-8-15/h2-12H,13-14H2,1H3,(H,22,26)(H,23,25). The van der Waals surface area contributed by atoms with Gasteiger partial charge in [-0.2, -0.15) is 0 Å². The van der Waals surface area contributed by atoms with Crippen LogP contribution in [0.15, 0.2) is 72.1 Å². The number of nitrogens with one attached hydrogen (secondary N) is 2. The van der Waals surface area contributed by atoms with Crippen molar-refractivity contribution in [1.82, 2.24) is 14.9 Å². The molecule has 3 aromatic rings. The van der Waals surface area contributed by atoms with Crippen LogP contribution in [0, 0.1) is 0 Å². The highest BCUT2D eigenvalue weighted by Crippen LogP contribution is 2.18. The third kappa shape index (κ3) is 5.21. The normalized spacial score (nSPS) is 10.4. The van der Waals surface area contributed by atoms with E-state index >= 15 is 0 Å². The Morgan fingerprint density at radius 2 is 1.81 bits per heavy atom. The molecule has 0 saturated carbocycles. The first-order valence-corrected chi connectivity index (χ1v) is 9.43. The molecule has 0 unspecified atom stereocenters. The van der Waals surface area contributed by atoms with Gasteiger partial charge in [-0.1, -0.05) is 54.2 Å². The van der Waals surface area contributed by atoms with E-state index in [4.69, 9.17) is 0 Å². The molecule has 1 aromatic heterocycles. The summed E-state index contributed by atoms with van der Waals surface area (Å²) in [4.78, 5) is 29.0. The van der Waals surface area contributed by atoms with E-state index in [9.17, 15) is 9.59 Å². The van der Waals surface area contributed by atoms with Gasteiger partial charge in [0, 0.05) is 26.0 Å². The molecular weight excluding hydrogens is 360 g/mol. The number of aryl methyl sites for hydroxylation is 1. The van der Waals surface area contributed by atoms with Crippen LogP contribution in [0.25, 0.3) is 0 Å². The summed E-state index contributed by atoms with van der Waals surface area (Å²) < 4.78 is 1.85. The van der Waals surface area contributed by atoms with Gasteiger partial charge in [0.05, 0.1) is 17.0 Å². The summed E-state index contributed by atoms with van der Waals surface area (Å²) in [6.45, 7) is 0.428. The van der Waals surface area contributed by atoms with Crippen LogP contribution in [0.4, 0.5) is 5.69 Å². The molecule has 0 bridgehead atoms. The average molecular weight is 380 g/mol. The van der Waals surface area contributed by atoms with E-state index in [2.05, 4.69) is 15.6 Å². The zero-order valence-electron chi connectivity index (χ0n) is 14.9. The van der Waals surface area contributed by atoms with Gasteiger partial charge in [-0.25, -0.2) is 4.98 Å². The lowest BCUT2D eigenvalue weighted by Crippen LogP contribution is -2.25. The zero-order chi connectivity index (χ0) is 19.1. The Hall–Kier alpha value is -3.06. The first-order chi connectivity index (χ1) is 13.1. The lowest BCUT2D eigenvalue weighted by molar-refractivity contribution is -0.113. The van der Waals surface area contributed by atoms with E-state index in [-0.39, 0.29) is 17.6 Å². The molecule has 0 atom stereocenters. The van der Waals surface area contributed by atoms with Gasteiger partial charge < -0.3 is 15.2 Å². The number of benzene rings is 2. The van der Waals surface area contributed by atoms with E-state index in [0.717, 1.165) is 10.7 Å². The van der Waals surface area contributed by atoms with E-state index in [1.807, 2.05) is 48.1 Å². The molecule has 2 N–H and O–H groups in total. The van der Waals surface area contributed by atoms with Crippen molar-refractivity contribution in [2.75, 3.05) is 11.1 Å². The number of nitrogens with zero attached hydrogens (tertiary/aromatic N) is 2. The van der Waals surface area contributed by atoms with Crippen molar-refractivity contribution in [2.45, 2.75) is 11.7 Å². The third-order valence-corrected chi connectivity index (χ3v) is 4.91. The molecule has 2 aromatic carbocycles. The van der Waals surface area contributed by atoms with Crippen molar-refractivity contribution in [3.63, 3.8) is 0 Å². The van der Waals surface area contributed by atoms with E-state index in [1.54, 1.807) is 30.5 Å². The smallest absolute Gasteiger partial charge is 0.253 e. The minimum Gasteiger partial charge on any atom is -0.348 e. The number of anilines is 1. The topological polar surface area (TPSA) is 76.0 Å². The predicted octanol–water partition coefficient (Wildman–Crippen LogP) is 3.08. The summed E-state index contributed by atoms with van der Waals surface area (Å²) >= 11 is 1.34. The quantitative estimate of drug-likeness (QED) is 0.618. The molecule has 2 amide bonds. The summed E-state index contributed by atoms with van der Waals surface area (Å²) in [7, 11) is 1.87. The lowest BCUT2D eigenvalue weighted by atomic mass is 10.1. The minimum absolute atomic E-state index is 0.189. The summed E-state index contributed by atoms with van der Waals surface area (Å²) in [5, 5.41) is 6.46. The summed E-state index contributed by atoms with van der Waals surface area (Å²) in [6, 6.07) is 16.7. The Labute approximate surface area is 162 Å². The van der Waals surface area contributed by atoms with Crippen LogP contribution >= 0.6 is 11.8 Å². The maximum Gasteiger partial charge on any atom is 0.253 e. The van der Waals surface area contributed by atoms with Gasteiger partial charge in [0.1, 0.15) is 0 Å². The third-order valence-electron chi connectivity index (χ3n) is 3.85. The fraction of sp³-hybridized carbons (Fsp3) is 0.150. The monoisotopic (exact) mass is 380 g/mol. The van der Waals surface area contributed by atoms with Crippen LogP contribution < -0.4 is 10.6 Å². The number of carbonyl (C=O) groups excluding carboxylic acids is 2. The van der Waals surface area contributed by atoms with Gasteiger partial charge in [0.2, 0.25) is 5.91 Å². The largest absolute Gasteiger partial charge is 0.348 e. The molecule has 3 rings (SSSR count). The first-order valence-electron chi connectivity index (χ1n) is 8.44. The molecule has 0 aliphatic rings. The molecule has 138 valence electrons. The molecule has 0 aliphatic heterocycles. The van der Waals surface area contributed by atoms with Gasteiger partial charge in [0.25, 0.3) is 5.91 Å². The molecule has 0 radical (unpaired) electrons. The molecule has 7 heteroatoms. The number of imidazole rings is 1. The van der Waals surface area contributed by atoms with Crippen molar-refractivity contribution < 1.29 is 9.59 Å². The van der Waals surface area contributed by atoms with Crippen LogP contribution in [0.1, 0.15) is 15.9 Å². The first kappa shape index (κ1) is 18.7. The summed E-state index contributed by atoms with van der Waals surface area (Å²) in [5.74, 6) is -0.206. The molecular formula is C20H20N4O2S. The van der Waals surface area contributed by atoms with Gasteiger partial charge in [-0.05, 0) is 17.7 Å². The second-order valence-corrected chi connectivity index (χ2v) is 6.81.